The third-order valence-corrected chi connectivity index (χ3v) is 8.66. The van der Waals surface area contributed by atoms with Gasteiger partial charge in [-0.15, -0.1) is 0 Å². The zero-order valence-corrected chi connectivity index (χ0v) is 14.7. The van der Waals surface area contributed by atoms with Crippen molar-refractivity contribution in [1.82, 2.24) is 0 Å². The predicted octanol–water partition coefficient (Wildman–Crippen LogP) is 4.08. The fraction of sp³-hybridized carbons (Fsp3) is 0.769. The minimum atomic E-state index is -1.58. The molecule has 0 aromatic carbocycles. The molecule has 0 amide bonds. The number of ether oxygens (including phenoxy) is 1. The van der Waals surface area contributed by atoms with Crippen molar-refractivity contribution in [2.45, 2.75) is 64.4 Å². The van der Waals surface area contributed by atoms with E-state index in [9.17, 15) is 4.79 Å². The fourth-order valence-corrected chi connectivity index (χ4v) is 7.97. The molecule has 0 aromatic rings. The summed E-state index contributed by atoms with van der Waals surface area (Å²) >= 11 is 0. The van der Waals surface area contributed by atoms with Crippen molar-refractivity contribution in [1.29, 1.82) is 0 Å². The first-order valence-corrected chi connectivity index (χ1v) is 13.4. The second-order valence-electron chi connectivity index (χ2n) is 7.39. The van der Waals surface area contributed by atoms with Gasteiger partial charge < -0.3 is 4.74 Å². The Hall–Kier alpha value is -0.356. The van der Waals surface area contributed by atoms with Crippen LogP contribution in [0.5, 0.6) is 0 Å². The smallest absolute Gasteiger partial charge is 0.333 e. The van der Waals surface area contributed by atoms with E-state index in [4.69, 9.17) is 4.74 Å². The zero-order chi connectivity index (χ0) is 14.1. The predicted molar refractivity (Wildman–Crippen MR) is 80.8 cm³/mol. The van der Waals surface area contributed by atoms with Crippen molar-refractivity contribution in [3.8, 4) is 0 Å². The summed E-state index contributed by atoms with van der Waals surface area (Å²) in [6.45, 7) is 21.2. The van der Waals surface area contributed by atoms with E-state index >= 15 is 0 Å². The molecule has 0 N–H and O–H groups in total. The van der Waals surface area contributed by atoms with E-state index in [-0.39, 0.29) is 11.2 Å². The monoisotopic (exact) mass is 272 g/mol. The van der Waals surface area contributed by atoms with Crippen LogP contribution in [0.4, 0.5) is 0 Å². The quantitative estimate of drug-likeness (QED) is 0.428. The highest BCUT2D eigenvalue weighted by atomic mass is 28.3. The first kappa shape index (κ1) is 16.6. The van der Waals surface area contributed by atoms with E-state index in [1.54, 1.807) is 6.92 Å². The average molecular weight is 273 g/mol. The van der Waals surface area contributed by atoms with Gasteiger partial charge in [0.05, 0.1) is 13.3 Å². The van der Waals surface area contributed by atoms with E-state index < -0.39 is 16.1 Å². The number of hydrogen-bond donors (Lipinski definition) is 0. The van der Waals surface area contributed by atoms with Crippen LogP contribution >= 0.6 is 0 Å². The van der Waals surface area contributed by atoms with Crippen LogP contribution in [0.2, 0.25) is 45.3 Å². The van der Waals surface area contributed by atoms with Gasteiger partial charge in [-0.25, -0.2) is 4.79 Å². The summed E-state index contributed by atoms with van der Waals surface area (Å²) in [6.07, 6.45) is 0. The lowest BCUT2D eigenvalue weighted by molar-refractivity contribution is -0.145. The fourth-order valence-electron chi connectivity index (χ4n) is 1.76. The topological polar surface area (TPSA) is 26.3 Å². The van der Waals surface area contributed by atoms with Crippen molar-refractivity contribution in [3.63, 3.8) is 0 Å². The molecule has 0 spiro atoms. The summed E-state index contributed by atoms with van der Waals surface area (Å²) in [5, 5.41) is -0.284. The Kier molecular flexibility index (Phi) is 4.99. The molecular formula is C13H28O2Si2. The molecule has 0 aliphatic heterocycles. The molecule has 0 aliphatic carbocycles. The van der Waals surface area contributed by atoms with Crippen LogP contribution in [0.25, 0.3) is 0 Å². The standard InChI is InChI=1S/C13H28O2Si2/c1-11(2)12(14)15-13(3,17(7,8)9)10-16(4,5)6/h1,10H2,2-9H3. The van der Waals surface area contributed by atoms with Crippen molar-refractivity contribution >= 4 is 22.1 Å². The number of carbonyl (C=O) groups excluding carboxylic acids is 1. The first-order valence-electron chi connectivity index (χ1n) is 6.17. The minimum absolute atomic E-state index is 0.242. The normalized spacial score (nSPS) is 16.2. The van der Waals surface area contributed by atoms with Crippen molar-refractivity contribution in [2.75, 3.05) is 0 Å². The Balaban J connectivity index is 5.14. The highest BCUT2D eigenvalue weighted by Gasteiger charge is 2.45. The molecular weight excluding hydrogens is 244 g/mol. The third-order valence-electron chi connectivity index (χ3n) is 3.12. The lowest BCUT2D eigenvalue weighted by atomic mass is 10.3. The molecule has 17 heavy (non-hydrogen) atoms. The lowest BCUT2D eigenvalue weighted by Crippen LogP contribution is -2.56. The molecule has 4 heteroatoms. The average Bonchev–Trinajstić information content (AvgIpc) is 1.97. The maximum absolute atomic E-state index is 11.8. The van der Waals surface area contributed by atoms with Crippen LogP contribution in [-0.2, 0) is 9.53 Å². The van der Waals surface area contributed by atoms with Crippen LogP contribution in [0.15, 0.2) is 12.2 Å². The Morgan fingerprint density at radius 2 is 1.59 bits per heavy atom. The lowest BCUT2D eigenvalue weighted by Gasteiger charge is -2.43. The van der Waals surface area contributed by atoms with Gasteiger partial charge in [0, 0.05) is 13.6 Å². The molecule has 0 saturated heterocycles. The molecule has 100 valence electrons. The van der Waals surface area contributed by atoms with Crippen LogP contribution in [0.3, 0.4) is 0 Å². The van der Waals surface area contributed by atoms with Gasteiger partial charge in [0.1, 0.15) is 0 Å². The highest BCUT2D eigenvalue weighted by Crippen LogP contribution is 2.34. The number of rotatable bonds is 5. The Morgan fingerprint density at radius 1 is 1.18 bits per heavy atom. The second-order valence-corrected chi connectivity index (χ2v) is 18.4. The molecule has 0 saturated carbocycles. The van der Waals surface area contributed by atoms with E-state index in [0.717, 1.165) is 6.04 Å². The first-order chi connectivity index (χ1) is 7.28. The SMILES string of the molecule is C=C(C)C(=O)OC(C)(C[Si](C)(C)C)[Si](C)(C)C. The molecule has 2 nitrogen and oxygen atoms in total. The van der Waals surface area contributed by atoms with Crippen molar-refractivity contribution in [3.05, 3.63) is 12.2 Å². The van der Waals surface area contributed by atoms with Crippen LogP contribution < -0.4 is 0 Å². The Labute approximate surface area is 108 Å². The molecule has 0 heterocycles. The molecule has 0 radical (unpaired) electrons. The minimum Gasteiger partial charge on any atom is -0.460 e. The summed E-state index contributed by atoms with van der Waals surface area (Å²) in [7, 11) is -2.85. The maximum Gasteiger partial charge on any atom is 0.333 e. The van der Waals surface area contributed by atoms with Gasteiger partial charge >= 0.3 is 5.97 Å². The summed E-state index contributed by atoms with van der Waals surface area (Å²) in [6, 6.07) is 1.02. The number of hydrogen-bond acceptors (Lipinski definition) is 2. The molecule has 0 aliphatic rings. The van der Waals surface area contributed by atoms with Crippen molar-refractivity contribution in [2.24, 2.45) is 0 Å². The van der Waals surface area contributed by atoms with Crippen molar-refractivity contribution < 1.29 is 9.53 Å². The van der Waals surface area contributed by atoms with Gasteiger partial charge in [0.2, 0.25) is 0 Å². The van der Waals surface area contributed by atoms with E-state index in [2.05, 4.69) is 52.8 Å². The maximum atomic E-state index is 11.8. The highest BCUT2D eigenvalue weighted by molar-refractivity contribution is 6.83. The molecule has 0 bridgehead atoms. The molecule has 0 aromatic heterocycles. The van der Waals surface area contributed by atoms with Crippen LogP contribution in [0, 0.1) is 0 Å². The summed E-state index contributed by atoms with van der Waals surface area (Å²) in [4.78, 5) is 11.8. The number of carbonyl (C=O) groups is 1. The van der Waals surface area contributed by atoms with Crippen LogP contribution in [0.1, 0.15) is 13.8 Å². The molecule has 1 atom stereocenters. The van der Waals surface area contributed by atoms with Gasteiger partial charge in [-0.3, -0.25) is 0 Å². The summed E-state index contributed by atoms with van der Waals surface area (Å²) in [5.74, 6) is -0.242. The molecule has 1 unspecified atom stereocenters. The summed E-state index contributed by atoms with van der Waals surface area (Å²) < 4.78 is 5.80. The van der Waals surface area contributed by atoms with Gasteiger partial charge in [0.25, 0.3) is 0 Å². The molecule has 0 rings (SSSR count). The van der Waals surface area contributed by atoms with E-state index in [1.165, 1.54) is 0 Å². The van der Waals surface area contributed by atoms with Gasteiger partial charge in [0.15, 0.2) is 0 Å². The van der Waals surface area contributed by atoms with Crippen LogP contribution in [-0.4, -0.2) is 27.3 Å². The van der Waals surface area contributed by atoms with Gasteiger partial charge in [-0.05, 0) is 19.9 Å². The van der Waals surface area contributed by atoms with Gasteiger partial charge in [-0.2, -0.15) is 0 Å². The summed E-state index contributed by atoms with van der Waals surface area (Å²) in [5.41, 5.74) is 0.491. The molecule has 0 fully saturated rings. The zero-order valence-electron chi connectivity index (χ0n) is 12.7. The van der Waals surface area contributed by atoms with Gasteiger partial charge in [-0.1, -0.05) is 45.9 Å². The largest absolute Gasteiger partial charge is 0.460 e. The third kappa shape index (κ3) is 5.21. The second kappa shape index (κ2) is 5.10. The Bertz CT molecular complexity index is 310. The van der Waals surface area contributed by atoms with E-state index in [1.807, 2.05) is 0 Å². The van der Waals surface area contributed by atoms with E-state index in [0.29, 0.717) is 5.57 Å². The Morgan fingerprint density at radius 3 is 1.82 bits per heavy atom. The number of esters is 1.